The number of allylic oxidation sites excluding steroid dienone is 1. The molecule has 0 amide bonds. The average Bonchev–Trinajstić information content (AvgIpc) is 2.47. The normalized spacial score (nSPS) is 15.4. The Morgan fingerprint density at radius 2 is 1.89 bits per heavy atom. The molecule has 0 aromatic heterocycles. The first kappa shape index (κ1) is 13.2. The smallest absolute Gasteiger partial charge is 0.241 e. The van der Waals surface area contributed by atoms with Crippen LogP contribution >= 0.6 is 0 Å². The first-order valence-electron chi connectivity index (χ1n) is 6.54. The fourth-order valence-electron chi connectivity index (χ4n) is 2.23. The molecule has 18 heavy (non-hydrogen) atoms. The van der Waals surface area contributed by atoms with Gasteiger partial charge in [-0.15, -0.1) is 0 Å². The Morgan fingerprint density at radius 1 is 1.11 bits per heavy atom. The minimum absolute atomic E-state index is 0.916. The van der Waals surface area contributed by atoms with Crippen LogP contribution in [0.15, 0.2) is 24.0 Å². The van der Waals surface area contributed by atoms with Gasteiger partial charge in [0.15, 0.2) is 0 Å². The highest BCUT2D eigenvalue weighted by atomic mass is 28.4. The van der Waals surface area contributed by atoms with Crippen molar-refractivity contribution in [2.24, 2.45) is 0 Å². The number of hydrogen-bond donors (Lipinski definition) is 0. The molecule has 0 saturated heterocycles. The van der Waals surface area contributed by atoms with Crippen LogP contribution in [0.1, 0.15) is 24.0 Å². The lowest BCUT2D eigenvalue weighted by atomic mass is 10.0. The lowest BCUT2D eigenvalue weighted by Gasteiger charge is -2.21. The van der Waals surface area contributed by atoms with E-state index in [2.05, 4.69) is 37.8 Å². The van der Waals surface area contributed by atoms with Gasteiger partial charge in [0.05, 0.1) is 12.9 Å². The third-order valence-corrected chi connectivity index (χ3v) is 3.85. The quantitative estimate of drug-likeness (QED) is 0.759. The fraction of sp³-hybridized carbons (Fsp3) is 0.467. The number of fused-ring (bicyclic) bond motifs is 1. The van der Waals surface area contributed by atoms with Crippen molar-refractivity contribution in [2.75, 3.05) is 7.11 Å². The molecule has 0 atom stereocenters. The Morgan fingerprint density at radius 3 is 2.56 bits per heavy atom. The summed E-state index contributed by atoms with van der Waals surface area (Å²) in [7, 11) is 0.200. The SMILES string of the molecule is COc1ccc2c(c1)C=C(O[Si](C)(C)C)CCC2. The molecule has 1 aliphatic carbocycles. The van der Waals surface area contributed by atoms with E-state index >= 15 is 0 Å². The van der Waals surface area contributed by atoms with E-state index in [1.165, 1.54) is 11.1 Å². The van der Waals surface area contributed by atoms with E-state index in [1.807, 2.05) is 6.07 Å². The first-order chi connectivity index (χ1) is 8.48. The number of aryl methyl sites for hydroxylation is 1. The largest absolute Gasteiger partial charge is 0.547 e. The fourth-order valence-corrected chi connectivity index (χ4v) is 3.18. The average molecular weight is 262 g/mol. The van der Waals surface area contributed by atoms with E-state index in [9.17, 15) is 0 Å². The van der Waals surface area contributed by atoms with Crippen LogP contribution in [-0.4, -0.2) is 15.4 Å². The van der Waals surface area contributed by atoms with Crippen molar-refractivity contribution in [1.29, 1.82) is 0 Å². The van der Waals surface area contributed by atoms with Crippen molar-refractivity contribution < 1.29 is 9.16 Å². The van der Waals surface area contributed by atoms with Crippen LogP contribution in [0.3, 0.4) is 0 Å². The molecule has 0 N–H and O–H groups in total. The van der Waals surface area contributed by atoms with E-state index in [4.69, 9.17) is 9.16 Å². The van der Waals surface area contributed by atoms with Crippen molar-refractivity contribution in [3.63, 3.8) is 0 Å². The summed E-state index contributed by atoms with van der Waals surface area (Å²) in [6.07, 6.45) is 5.52. The zero-order chi connectivity index (χ0) is 13.2. The second-order valence-electron chi connectivity index (χ2n) is 5.74. The summed E-state index contributed by atoms with van der Waals surface area (Å²) in [5.74, 6) is 2.06. The van der Waals surface area contributed by atoms with E-state index in [0.717, 1.165) is 30.8 Å². The van der Waals surface area contributed by atoms with Gasteiger partial charge < -0.3 is 9.16 Å². The molecule has 0 heterocycles. The third-order valence-electron chi connectivity index (χ3n) is 2.98. The lowest BCUT2D eigenvalue weighted by Crippen LogP contribution is -2.24. The molecule has 0 bridgehead atoms. The molecule has 2 rings (SSSR count). The Bertz CT molecular complexity index is 458. The molecular formula is C15H22O2Si. The maximum atomic E-state index is 6.15. The van der Waals surface area contributed by atoms with Crippen molar-refractivity contribution in [2.45, 2.75) is 38.9 Å². The van der Waals surface area contributed by atoms with E-state index in [1.54, 1.807) is 7.11 Å². The Hall–Kier alpha value is -1.22. The van der Waals surface area contributed by atoms with Gasteiger partial charge in [-0.1, -0.05) is 6.07 Å². The molecule has 0 saturated carbocycles. The highest BCUT2D eigenvalue weighted by molar-refractivity contribution is 6.70. The molecule has 3 heteroatoms. The minimum Gasteiger partial charge on any atom is -0.547 e. The summed E-state index contributed by atoms with van der Waals surface area (Å²) in [5.41, 5.74) is 2.64. The minimum atomic E-state index is -1.51. The molecule has 0 fully saturated rings. The molecule has 1 aromatic rings. The van der Waals surface area contributed by atoms with Crippen LogP contribution in [0.4, 0.5) is 0 Å². The zero-order valence-corrected chi connectivity index (χ0v) is 12.7. The molecule has 1 aromatic carbocycles. The van der Waals surface area contributed by atoms with Crippen LogP contribution in [0.5, 0.6) is 5.75 Å². The van der Waals surface area contributed by atoms with Crippen molar-refractivity contribution >= 4 is 14.4 Å². The van der Waals surface area contributed by atoms with Gasteiger partial charge in [0.25, 0.3) is 0 Å². The summed E-state index contributed by atoms with van der Waals surface area (Å²) in [6.45, 7) is 6.68. The van der Waals surface area contributed by atoms with E-state index < -0.39 is 8.32 Å². The molecule has 0 radical (unpaired) electrons. The number of benzene rings is 1. The lowest BCUT2D eigenvalue weighted by molar-refractivity contribution is 0.402. The van der Waals surface area contributed by atoms with Gasteiger partial charge in [0.2, 0.25) is 8.32 Å². The van der Waals surface area contributed by atoms with E-state index in [0.29, 0.717) is 0 Å². The third kappa shape index (κ3) is 3.39. The summed E-state index contributed by atoms with van der Waals surface area (Å²) in [4.78, 5) is 0. The first-order valence-corrected chi connectivity index (χ1v) is 9.95. The molecular weight excluding hydrogens is 240 g/mol. The Labute approximate surface area is 111 Å². The van der Waals surface area contributed by atoms with Crippen molar-refractivity contribution in [3.8, 4) is 5.75 Å². The predicted octanol–water partition coefficient (Wildman–Crippen LogP) is 4.22. The molecule has 0 aliphatic heterocycles. The van der Waals surface area contributed by atoms with Gasteiger partial charge in [-0.3, -0.25) is 0 Å². The van der Waals surface area contributed by atoms with Gasteiger partial charge in [0.1, 0.15) is 5.75 Å². The molecule has 2 nitrogen and oxygen atoms in total. The van der Waals surface area contributed by atoms with Gasteiger partial charge in [-0.2, -0.15) is 0 Å². The molecule has 0 spiro atoms. The van der Waals surface area contributed by atoms with E-state index in [-0.39, 0.29) is 0 Å². The number of rotatable bonds is 3. The van der Waals surface area contributed by atoms with Crippen LogP contribution in [0.25, 0.3) is 6.08 Å². The summed E-state index contributed by atoms with van der Waals surface area (Å²) in [6, 6.07) is 6.31. The second-order valence-corrected chi connectivity index (χ2v) is 10.2. The number of methoxy groups -OCH3 is 1. The van der Waals surface area contributed by atoms with Crippen molar-refractivity contribution in [3.05, 3.63) is 35.1 Å². The van der Waals surface area contributed by atoms with Crippen LogP contribution in [0.2, 0.25) is 19.6 Å². The van der Waals surface area contributed by atoms with Crippen LogP contribution < -0.4 is 4.74 Å². The zero-order valence-electron chi connectivity index (χ0n) is 11.7. The maximum Gasteiger partial charge on any atom is 0.241 e. The summed E-state index contributed by atoms with van der Waals surface area (Å²) >= 11 is 0. The second kappa shape index (κ2) is 5.18. The highest BCUT2D eigenvalue weighted by Gasteiger charge is 2.19. The molecule has 1 aliphatic rings. The van der Waals surface area contributed by atoms with Crippen LogP contribution in [-0.2, 0) is 10.8 Å². The molecule has 98 valence electrons. The molecule has 0 unspecified atom stereocenters. The monoisotopic (exact) mass is 262 g/mol. The van der Waals surface area contributed by atoms with Gasteiger partial charge in [-0.25, -0.2) is 0 Å². The number of ether oxygens (including phenoxy) is 1. The predicted molar refractivity (Wildman–Crippen MR) is 78.3 cm³/mol. The topological polar surface area (TPSA) is 18.5 Å². The van der Waals surface area contributed by atoms with Gasteiger partial charge in [-0.05, 0) is 61.8 Å². The van der Waals surface area contributed by atoms with Gasteiger partial charge >= 0.3 is 0 Å². The number of hydrogen-bond acceptors (Lipinski definition) is 2. The van der Waals surface area contributed by atoms with Crippen LogP contribution in [0, 0.1) is 0 Å². The summed E-state index contributed by atoms with van der Waals surface area (Å²) < 4.78 is 11.4. The standard InChI is InChI=1S/C15H22O2Si/c1-16-14-9-8-12-6-5-7-15(11-13(12)10-14)17-18(2,3)4/h8-11H,5-7H2,1-4H3. The van der Waals surface area contributed by atoms with Gasteiger partial charge in [0, 0.05) is 6.42 Å². The Kier molecular flexibility index (Phi) is 3.81. The summed E-state index contributed by atoms with van der Waals surface area (Å²) in [5, 5.41) is 0. The Balaban J connectivity index is 2.31. The highest BCUT2D eigenvalue weighted by Crippen LogP contribution is 2.28. The maximum absolute atomic E-state index is 6.15. The van der Waals surface area contributed by atoms with Crippen molar-refractivity contribution in [1.82, 2.24) is 0 Å².